The summed E-state index contributed by atoms with van der Waals surface area (Å²) in [5.74, 6) is -0.387. The van der Waals surface area contributed by atoms with E-state index in [1.54, 1.807) is 24.3 Å². The molecule has 5 nitrogen and oxygen atoms in total. The maximum Gasteiger partial charge on any atom is 0.267 e. The molecule has 7 heteroatoms. The number of nitrogen functional groups attached to an aromatic ring is 1. The number of nitrogens with two attached hydrogens (primary N) is 1. The first-order valence-corrected chi connectivity index (χ1v) is 8.49. The van der Waals surface area contributed by atoms with Gasteiger partial charge in [0.15, 0.2) is 0 Å². The number of nitriles is 1. The number of thiophene rings is 1. The zero-order chi connectivity index (χ0) is 17.8. The number of carbonyl (C=O) groups is 1. The van der Waals surface area contributed by atoms with Crippen LogP contribution in [0.25, 0.3) is 0 Å². The van der Waals surface area contributed by atoms with Crippen LogP contribution in [-0.4, -0.2) is 5.91 Å². The molecular formula is C18H13ClN4OS. The summed E-state index contributed by atoms with van der Waals surface area (Å²) in [5.41, 5.74) is 7.79. The van der Waals surface area contributed by atoms with Gasteiger partial charge in [-0.05, 0) is 30.3 Å². The molecule has 1 aromatic heterocycles. The van der Waals surface area contributed by atoms with E-state index in [0.29, 0.717) is 15.7 Å². The van der Waals surface area contributed by atoms with Gasteiger partial charge in [-0.2, -0.15) is 5.26 Å². The third-order valence-electron chi connectivity index (χ3n) is 3.38. The molecule has 4 N–H and O–H groups in total. The molecule has 0 saturated heterocycles. The lowest BCUT2D eigenvalue weighted by Gasteiger charge is -2.04. The summed E-state index contributed by atoms with van der Waals surface area (Å²) in [6, 6.07) is 18.2. The highest BCUT2D eigenvalue weighted by Crippen LogP contribution is 2.37. The molecule has 1 heterocycles. The monoisotopic (exact) mass is 368 g/mol. The zero-order valence-corrected chi connectivity index (χ0v) is 14.5. The average molecular weight is 369 g/mol. The molecule has 2 aromatic carbocycles. The largest absolute Gasteiger partial charge is 0.396 e. The topological polar surface area (TPSA) is 90.9 Å². The number of hydrogen-bond acceptors (Lipinski definition) is 5. The van der Waals surface area contributed by atoms with Gasteiger partial charge >= 0.3 is 0 Å². The van der Waals surface area contributed by atoms with Crippen LogP contribution in [0.4, 0.5) is 22.1 Å². The maximum absolute atomic E-state index is 12.5. The van der Waals surface area contributed by atoms with Crippen LogP contribution >= 0.6 is 22.9 Å². The van der Waals surface area contributed by atoms with E-state index in [9.17, 15) is 10.1 Å². The molecular weight excluding hydrogens is 356 g/mol. The van der Waals surface area contributed by atoms with E-state index >= 15 is 0 Å². The van der Waals surface area contributed by atoms with Gasteiger partial charge in [-0.1, -0.05) is 35.9 Å². The van der Waals surface area contributed by atoms with Crippen molar-refractivity contribution < 1.29 is 4.79 Å². The lowest BCUT2D eigenvalue weighted by Crippen LogP contribution is -2.12. The number of carbonyl (C=O) groups excluding carboxylic acids is 1. The number of nitrogens with one attached hydrogen (secondary N) is 2. The van der Waals surface area contributed by atoms with Crippen molar-refractivity contribution >= 4 is 50.9 Å². The van der Waals surface area contributed by atoms with Crippen LogP contribution in [0.3, 0.4) is 0 Å². The fraction of sp³-hybridized carbons (Fsp3) is 0. The first kappa shape index (κ1) is 16.8. The van der Waals surface area contributed by atoms with Crippen molar-refractivity contribution in [1.82, 2.24) is 0 Å². The normalized spacial score (nSPS) is 10.1. The van der Waals surface area contributed by atoms with Gasteiger partial charge in [0.1, 0.15) is 21.5 Å². The van der Waals surface area contributed by atoms with Crippen LogP contribution in [0.2, 0.25) is 5.02 Å². The fourth-order valence-electron chi connectivity index (χ4n) is 2.22. The molecule has 0 unspecified atom stereocenters. The summed E-state index contributed by atoms with van der Waals surface area (Å²) in [4.78, 5) is 12.8. The number of para-hydroxylation sites is 1. The summed E-state index contributed by atoms with van der Waals surface area (Å²) < 4.78 is 0. The second-order valence-corrected chi connectivity index (χ2v) is 6.57. The van der Waals surface area contributed by atoms with Crippen molar-refractivity contribution in [3.63, 3.8) is 0 Å². The summed E-state index contributed by atoms with van der Waals surface area (Å²) in [7, 11) is 0. The molecule has 25 heavy (non-hydrogen) atoms. The Kier molecular flexibility index (Phi) is 4.89. The lowest BCUT2D eigenvalue weighted by atomic mass is 10.2. The van der Waals surface area contributed by atoms with Gasteiger partial charge in [-0.3, -0.25) is 4.79 Å². The predicted molar refractivity (Wildman–Crippen MR) is 103 cm³/mol. The summed E-state index contributed by atoms with van der Waals surface area (Å²) in [5, 5.41) is 16.3. The van der Waals surface area contributed by atoms with Gasteiger partial charge in [-0.25, -0.2) is 0 Å². The average Bonchev–Trinajstić information content (AvgIpc) is 2.91. The summed E-state index contributed by atoms with van der Waals surface area (Å²) in [6.45, 7) is 0. The Bertz CT molecular complexity index is 963. The fourth-order valence-corrected chi connectivity index (χ4v) is 3.39. The third kappa shape index (κ3) is 3.74. The third-order valence-corrected chi connectivity index (χ3v) is 4.73. The van der Waals surface area contributed by atoms with Crippen LogP contribution in [0.15, 0.2) is 54.6 Å². The van der Waals surface area contributed by atoms with Crippen molar-refractivity contribution in [3.8, 4) is 6.07 Å². The van der Waals surface area contributed by atoms with Crippen molar-refractivity contribution in [3.05, 3.63) is 70.1 Å². The molecule has 3 rings (SSSR count). The summed E-state index contributed by atoms with van der Waals surface area (Å²) >= 11 is 7.05. The SMILES string of the molecule is N#Cc1c(Nc2ccccc2)sc(C(=O)Nc2cccc(Cl)c2)c1N. The highest BCUT2D eigenvalue weighted by atomic mass is 35.5. The van der Waals surface area contributed by atoms with Gasteiger partial charge in [-0.15, -0.1) is 11.3 Å². The number of halogens is 1. The molecule has 0 atom stereocenters. The molecule has 0 radical (unpaired) electrons. The first-order valence-electron chi connectivity index (χ1n) is 7.30. The number of benzene rings is 2. The minimum atomic E-state index is -0.387. The Balaban J connectivity index is 1.89. The van der Waals surface area contributed by atoms with Gasteiger partial charge < -0.3 is 16.4 Å². The highest BCUT2D eigenvalue weighted by molar-refractivity contribution is 7.19. The van der Waals surface area contributed by atoms with E-state index in [0.717, 1.165) is 17.0 Å². The van der Waals surface area contributed by atoms with Crippen LogP contribution < -0.4 is 16.4 Å². The van der Waals surface area contributed by atoms with Crippen LogP contribution in [0.5, 0.6) is 0 Å². The van der Waals surface area contributed by atoms with Crippen LogP contribution in [0.1, 0.15) is 15.2 Å². The predicted octanol–water partition coefficient (Wildman–Crippen LogP) is 4.85. The minimum Gasteiger partial charge on any atom is -0.396 e. The maximum atomic E-state index is 12.5. The zero-order valence-electron chi connectivity index (χ0n) is 12.9. The molecule has 124 valence electrons. The Morgan fingerprint density at radius 2 is 1.84 bits per heavy atom. The molecule has 3 aromatic rings. The Morgan fingerprint density at radius 1 is 1.12 bits per heavy atom. The minimum absolute atomic E-state index is 0.158. The number of hydrogen-bond donors (Lipinski definition) is 3. The number of nitrogens with zero attached hydrogens (tertiary/aromatic N) is 1. The second kappa shape index (κ2) is 7.26. The van der Waals surface area contributed by atoms with Gasteiger partial charge in [0.05, 0.1) is 5.69 Å². The molecule has 0 aliphatic rings. The van der Waals surface area contributed by atoms with E-state index in [-0.39, 0.29) is 22.0 Å². The molecule has 0 aliphatic heterocycles. The van der Waals surface area contributed by atoms with Gasteiger partial charge in [0.25, 0.3) is 5.91 Å². The van der Waals surface area contributed by atoms with Crippen molar-refractivity contribution in [1.29, 1.82) is 5.26 Å². The smallest absolute Gasteiger partial charge is 0.267 e. The van der Waals surface area contributed by atoms with E-state index < -0.39 is 0 Å². The summed E-state index contributed by atoms with van der Waals surface area (Å²) in [6.07, 6.45) is 0. The molecule has 0 saturated carbocycles. The molecule has 0 fully saturated rings. The van der Waals surface area contributed by atoms with Crippen molar-refractivity contribution in [2.24, 2.45) is 0 Å². The Hall–Kier alpha value is -3.01. The lowest BCUT2D eigenvalue weighted by molar-refractivity contribution is 0.103. The Morgan fingerprint density at radius 3 is 2.52 bits per heavy atom. The van der Waals surface area contributed by atoms with E-state index in [2.05, 4.69) is 16.7 Å². The number of amides is 1. The molecule has 0 spiro atoms. The van der Waals surface area contributed by atoms with E-state index in [4.69, 9.17) is 17.3 Å². The second-order valence-electron chi connectivity index (χ2n) is 5.12. The van der Waals surface area contributed by atoms with Crippen LogP contribution in [0, 0.1) is 11.3 Å². The number of anilines is 4. The highest BCUT2D eigenvalue weighted by Gasteiger charge is 2.21. The first-order chi connectivity index (χ1) is 12.1. The van der Waals surface area contributed by atoms with Gasteiger partial charge in [0.2, 0.25) is 0 Å². The standard InChI is InChI=1S/C18H13ClN4OS/c19-11-5-4-8-13(9-11)22-17(24)16-15(21)14(10-20)18(25-16)23-12-6-2-1-3-7-12/h1-9,23H,21H2,(H,22,24). The molecule has 1 amide bonds. The van der Waals surface area contributed by atoms with Crippen molar-refractivity contribution in [2.75, 3.05) is 16.4 Å². The van der Waals surface area contributed by atoms with E-state index in [1.165, 1.54) is 0 Å². The molecule has 0 bridgehead atoms. The van der Waals surface area contributed by atoms with Gasteiger partial charge in [0, 0.05) is 16.4 Å². The Labute approximate surface area is 153 Å². The van der Waals surface area contributed by atoms with Crippen molar-refractivity contribution in [2.45, 2.75) is 0 Å². The number of rotatable bonds is 4. The van der Waals surface area contributed by atoms with Crippen LogP contribution in [-0.2, 0) is 0 Å². The molecule has 0 aliphatic carbocycles. The quantitative estimate of drug-likeness (QED) is 0.613. The van der Waals surface area contributed by atoms with E-state index in [1.807, 2.05) is 30.3 Å².